The molecule has 2 heterocycles. The van der Waals surface area contributed by atoms with E-state index >= 15 is 0 Å². The molecule has 1 aliphatic rings. The Hall–Kier alpha value is -2.34. The lowest BCUT2D eigenvalue weighted by molar-refractivity contribution is 0.382. The molecular formula is C16H19N3O3. The Morgan fingerprint density at radius 1 is 1.32 bits per heavy atom. The van der Waals surface area contributed by atoms with E-state index in [1.807, 2.05) is 31.2 Å². The van der Waals surface area contributed by atoms with Gasteiger partial charge in [0.05, 0.1) is 11.6 Å². The lowest BCUT2D eigenvalue weighted by atomic mass is 9.91. The number of hydrogen-bond acceptors (Lipinski definition) is 4. The molecule has 22 heavy (non-hydrogen) atoms. The number of fused-ring (bicyclic) bond motifs is 1. The van der Waals surface area contributed by atoms with Gasteiger partial charge < -0.3 is 10.4 Å². The molecule has 0 saturated heterocycles. The number of nitrogens with zero attached hydrogens (tertiary/aromatic N) is 1. The molecule has 0 saturated carbocycles. The van der Waals surface area contributed by atoms with Crippen LogP contribution in [-0.4, -0.2) is 21.2 Å². The van der Waals surface area contributed by atoms with Crippen LogP contribution in [0.5, 0.6) is 5.88 Å². The van der Waals surface area contributed by atoms with Crippen molar-refractivity contribution in [2.45, 2.75) is 32.4 Å². The Labute approximate surface area is 127 Å². The van der Waals surface area contributed by atoms with Crippen molar-refractivity contribution in [1.29, 1.82) is 0 Å². The molecule has 1 aliphatic heterocycles. The van der Waals surface area contributed by atoms with Crippen molar-refractivity contribution in [2.75, 3.05) is 6.54 Å². The van der Waals surface area contributed by atoms with Crippen LogP contribution >= 0.6 is 0 Å². The van der Waals surface area contributed by atoms with Gasteiger partial charge in [0.1, 0.15) is 0 Å². The second-order valence-electron chi connectivity index (χ2n) is 5.48. The zero-order valence-electron chi connectivity index (χ0n) is 12.4. The van der Waals surface area contributed by atoms with Gasteiger partial charge >= 0.3 is 5.69 Å². The van der Waals surface area contributed by atoms with E-state index in [4.69, 9.17) is 0 Å². The van der Waals surface area contributed by atoms with E-state index in [0.29, 0.717) is 19.5 Å². The summed E-state index contributed by atoms with van der Waals surface area (Å²) in [5, 5.41) is 13.7. The van der Waals surface area contributed by atoms with Gasteiger partial charge in [-0.2, -0.15) is 0 Å². The fourth-order valence-electron chi connectivity index (χ4n) is 3.03. The fraction of sp³-hybridized carbons (Fsp3) is 0.375. The number of benzene rings is 1. The van der Waals surface area contributed by atoms with Gasteiger partial charge in [0, 0.05) is 13.1 Å². The molecule has 0 spiro atoms. The Bertz CT molecular complexity index is 807. The van der Waals surface area contributed by atoms with E-state index in [2.05, 4.69) is 10.3 Å². The summed E-state index contributed by atoms with van der Waals surface area (Å²) in [5.41, 5.74) is 1.22. The predicted molar refractivity (Wildman–Crippen MR) is 83.3 cm³/mol. The van der Waals surface area contributed by atoms with Crippen LogP contribution in [0.4, 0.5) is 0 Å². The van der Waals surface area contributed by atoms with Crippen molar-refractivity contribution in [3.63, 3.8) is 0 Å². The highest BCUT2D eigenvalue weighted by Gasteiger charge is 2.27. The van der Waals surface area contributed by atoms with E-state index in [1.165, 1.54) is 4.57 Å². The Morgan fingerprint density at radius 2 is 2.09 bits per heavy atom. The summed E-state index contributed by atoms with van der Waals surface area (Å²) in [6, 6.07) is 7.43. The quantitative estimate of drug-likeness (QED) is 0.785. The molecule has 3 N–H and O–H groups in total. The number of rotatable bonds is 3. The van der Waals surface area contributed by atoms with Crippen LogP contribution in [0.3, 0.4) is 0 Å². The largest absolute Gasteiger partial charge is 0.494 e. The summed E-state index contributed by atoms with van der Waals surface area (Å²) >= 11 is 0. The van der Waals surface area contributed by atoms with Crippen LogP contribution in [0.1, 0.15) is 36.1 Å². The molecular weight excluding hydrogens is 282 g/mol. The molecule has 1 aromatic carbocycles. The van der Waals surface area contributed by atoms with Crippen molar-refractivity contribution in [2.24, 2.45) is 0 Å². The van der Waals surface area contributed by atoms with Crippen molar-refractivity contribution in [3.8, 4) is 5.88 Å². The number of aromatic nitrogens is 2. The number of H-pyrrole nitrogens is 1. The molecule has 1 aromatic heterocycles. The highest BCUT2D eigenvalue weighted by atomic mass is 16.3. The summed E-state index contributed by atoms with van der Waals surface area (Å²) in [6.45, 7) is 2.99. The minimum Gasteiger partial charge on any atom is -0.494 e. The maximum Gasteiger partial charge on any atom is 0.331 e. The van der Waals surface area contributed by atoms with E-state index in [0.717, 1.165) is 17.5 Å². The summed E-state index contributed by atoms with van der Waals surface area (Å²) in [4.78, 5) is 26.4. The van der Waals surface area contributed by atoms with Gasteiger partial charge in [0.25, 0.3) is 5.56 Å². The first kappa shape index (κ1) is 14.6. The number of aromatic amines is 1. The molecule has 2 aromatic rings. The number of aromatic hydroxyl groups is 1. The van der Waals surface area contributed by atoms with E-state index in [9.17, 15) is 14.7 Å². The van der Waals surface area contributed by atoms with Crippen LogP contribution < -0.4 is 16.6 Å². The number of nitrogens with one attached hydrogen (secondary N) is 2. The topological polar surface area (TPSA) is 87.1 Å². The Morgan fingerprint density at radius 3 is 2.86 bits per heavy atom. The molecule has 0 aliphatic carbocycles. The molecule has 6 heteroatoms. The standard InChI is InChI=1S/C16H19N3O3/c1-2-9-19-15(21)12(14(20)18-16(19)22)13-11-6-4-3-5-10(11)7-8-17-13/h3-6,13,17,21H,2,7-9H2,1H3,(H,18,20,22)/t13-/m0/s1. The molecule has 0 fully saturated rings. The van der Waals surface area contributed by atoms with Crippen LogP contribution in [0, 0.1) is 0 Å². The number of hydrogen-bond donors (Lipinski definition) is 3. The van der Waals surface area contributed by atoms with Gasteiger partial charge in [0.15, 0.2) is 0 Å². The second-order valence-corrected chi connectivity index (χ2v) is 5.48. The summed E-state index contributed by atoms with van der Waals surface area (Å²) in [7, 11) is 0. The van der Waals surface area contributed by atoms with Gasteiger partial charge in [0.2, 0.25) is 5.88 Å². The minimum atomic E-state index is -0.572. The van der Waals surface area contributed by atoms with Crippen molar-refractivity contribution < 1.29 is 5.11 Å². The van der Waals surface area contributed by atoms with Gasteiger partial charge in [-0.1, -0.05) is 31.2 Å². The molecule has 0 amide bonds. The first-order valence-electron chi connectivity index (χ1n) is 7.50. The van der Waals surface area contributed by atoms with Crippen molar-refractivity contribution in [3.05, 3.63) is 61.8 Å². The average molecular weight is 301 g/mol. The summed E-state index contributed by atoms with van der Waals surface area (Å²) in [5.74, 6) is -0.246. The maximum atomic E-state index is 12.3. The monoisotopic (exact) mass is 301 g/mol. The minimum absolute atomic E-state index is 0.209. The lowest BCUT2D eigenvalue weighted by Crippen LogP contribution is -2.39. The second kappa shape index (κ2) is 5.81. The zero-order valence-corrected chi connectivity index (χ0v) is 12.4. The van der Waals surface area contributed by atoms with Crippen molar-refractivity contribution in [1.82, 2.24) is 14.9 Å². The highest BCUT2D eigenvalue weighted by molar-refractivity contribution is 5.41. The highest BCUT2D eigenvalue weighted by Crippen LogP contribution is 2.30. The van der Waals surface area contributed by atoms with Crippen LogP contribution in [0.15, 0.2) is 33.9 Å². The van der Waals surface area contributed by atoms with E-state index in [-0.39, 0.29) is 11.4 Å². The third-order valence-electron chi connectivity index (χ3n) is 4.05. The molecule has 3 rings (SSSR count). The van der Waals surface area contributed by atoms with Crippen LogP contribution in [-0.2, 0) is 13.0 Å². The van der Waals surface area contributed by atoms with E-state index in [1.54, 1.807) is 0 Å². The first-order valence-corrected chi connectivity index (χ1v) is 7.50. The SMILES string of the molecule is CCCn1c(O)c([C@H]2NCCc3ccccc32)c(=O)[nH]c1=O. The maximum absolute atomic E-state index is 12.3. The van der Waals surface area contributed by atoms with Gasteiger partial charge in [-0.15, -0.1) is 0 Å². The van der Waals surface area contributed by atoms with Gasteiger partial charge in [-0.25, -0.2) is 4.79 Å². The molecule has 0 bridgehead atoms. The fourth-order valence-corrected chi connectivity index (χ4v) is 3.03. The molecule has 116 valence electrons. The average Bonchev–Trinajstić information content (AvgIpc) is 2.51. The molecule has 0 radical (unpaired) electrons. The van der Waals surface area contributed by atoms with Gasteiger partial charge in [-0.3, -0.25) is 14.3 Å². The smallest absolute Gasteiger partial charge is 0.331 e. The third kappa shape index (κ3) is 2.35. The molecule has 0 unspecified atom stereocenters. The molecule has 6 nitrogen and oxygen atoms in total. The Balaban J connectivity index is 2.20. The van der Waals surface area contributed by atoms with Crippen molar-refractivity contribution >= 4 is 0 Å². The van der Waals surface area contributed by atoms with E-state index < -0.39 is 17.3 Å². The van der Waals surface area contributed by atoms with Crippen LogP contribution in [0.2, 0.25) is 0 Å². The predicted octanol–water partition coefficient (Wildman–Crippen LogP) is 0.887. The first-order chi connectivity index (χ1) is 10.6. The summed E-state index contributed by atoms with van der Waals surface area (Å²) < 4.78 is 1.22. The summed E-state index contributed by atoms with van der Waals surface area (Å²) in [6.07, 6.45) is 1.56. The van der Waals surface area contributed by atoms with Crippen LogP contribution in [0.25, 0.3) is 0 Å². The van der Waals surface area contributed by atoms with Gasteiger partial charge in [-0.05, 0) is 24.0 Å². The third-order valence-corrected chi connectivity index (χ3v) is 4.05. The zero-order chi connectivity index (χ0) is 15.7. The normalized spacial score (nSPS) is 17.2. The Kier molecular flexibility index (Phi) is 3.85. The lowest BCUT2D eigenvalue weighted by Gasteiger charge is -2.27. The molecule has 1 atom stereocenters.